The molecule has 0 aliphatic heterocycles. The number of aromatic nitrogens is 2. The Hall–Kier alpha value is -2.15. The van der Waals surface area contributed by atoms with Gasteiger partial charge in [0.15, 0.2) is 11.5 Å². The summed E-state index contributed by atoms with van der Waals surface area (Å²) in [6.45, 7) is 0. The van der Waals surface area contributed by atoms with E-state index in [0.717, 1.165) is 5.39 Å². The topological polar surface area (TPSA) is 49.6 Å². The molecule has 2 aromatic carbocycles. The minimum absolute atomic E-state index is 0.321. The van der Waals surface area contributed by atoms with Crippen LogP contribution in [0.4, 0.5) is 0 Å². The number of nitrogens with zero attached hydrogens (tertiary/aromatic N) is 3. The zero-order valence-electron chi connectivity index (χ0n) is 10.1. The number of benzene rings is 2. The van der Waals surface area contributed by atoms with Crippen molar-refractivity contribution < 1.29 is 0 Å². The van der Waals surface area contributed by atoms with Crippen molar-refractivity contribution >= 4 is 34.1 Å². The third kappa shape index (κ3) is 2.20. The molecule has 3 rings (SSSR count). The van der Waals surface area contributed by atoms with Crippen molar-refractivity contribution in [3.8, 4) is 17.5 Å². The molecule has 0 bridgehead atoms. The molecule has 0 aliphatic rings. The molecule has 3 nitrogen and oxygen atoms in total. The molecule has 0 atom stereocenters. The van der Waals surface area contributed by atoms with Gasteiger partial charge in [0.25, 0.3) is 0 Å². The molecule has 96 valence electrons. The van der Waals surface area contributed by atoms with Crippen LogP contribution in [-0.2, 0) is 0 Å². The summed E-state index contributed by atoms with van der Waals surface area (Å²) in [6, 6.07) is 14.5. The molecule has 1 heterocycles. The fourth-order valence-corrected chi connectivity index (χ4v) is 2.33. The van der Waals surface area contributed by atoms with Gasteiger partial charge in [-0.15, -0.1) is 0 Å². The van der Waals surface area contributed by atoms with Crippen LogP contribution >= 0.6 is 23.2 Å². The average molecular weight is 300 g/mol. The van der Waals surface area contributed by atoms with E-state index in [0.29, 0.717) is 32.6 Å². The standard InChI is InChI=1S/C15H7Cl2N3/c16-9-5-6-12(17)11(7-9)15-19-13-4-2-1-3-10(13)14(8-18)20-15/h1-7H. The molecule has 3 aromatic rings. The monoisotopic (exact) mass is 299 g/mol. The molecule has 0 unspecified atom stereocenters. The van der Waals surface area contributed by atoms with Crippen molar-refractivity contribution in [2.24, 2.45) is 0 Å². The van der Waals surface area contributed by atoms with Crippen molar-refractivity contribution in [3.63, 3.8) is 0 Å². The van der Waals surface area contributed by atoms with Crippen LogP contribution in [-0.4, -0.2) is 9.97 Å². The summed E-state index contributed by atoms with van der Waals surface area (Å²) in [5.41, 5.74) is 1.63. The normalized spacial score (nSPS) is 10.4. The molecule has 20 heavy (non-hydrogen) atoms. The molecule has 0 saturated carbocycles. The average Bonchev–Trinajstić information content (AvgIpc) is 2.48. The fraction of sp³-hybridized carbons (Fsp3) is 0. The van der Waals surface area contributed by atoms with E-state index in [-0.39, 0.29) is 0 Å². The number of para-hydroxylation sites is 1. The molecule has 0 N–H and O–H groups in total. The molecule has 0 amide bonds. The summed E-state index contributed by atoms with van der Waals surface area (Å²) in [7, 11) is 0. The zero-order chi connectivity index (χ0) is 14.1. The van der Waals surface area contributed by atoms with Crippen molar-refractivity contribution in [1.82, 2.24) is 9.97 Å². The molecular formula is C15H7Cl2N3. The van der Waals surface area contributed by atoms with Crippen LogP contribution in [0.25, 0.3) is 22.3 Å². The molecule has 0 saturated heterocycles. The summed E-state index contributed by atoms with van der Waals surface area (Å²) in [6.07, 6.45) is 0. The maximum Gasteiger partial charge on any atom is 0.162 e. The maximum absolute atomic E-state index is 9.23. The number of halogens is 2. The van der Waals surface area contributed by atoms with Gasteiger partial charge >= 0.3 is 0 Å². The van der Waals surface area contributed by atoms with Crippen molar-refractivity contribution in [2.75, 3.05) is 0 Å². The lowest BCUT2D eigenvalue weighted by Gasteiger charge is -2.06. The first-order chi connectivity index (χ1) is 9.69. The van der Waals surface area contributed by atoms with Crippen LogP contribution in [0.5, 0.6) is 0 Å². The molecule has 0 spiro atoms. The Morgan fingerprint density at radius 2 is 1.80 bits per heavy atom. The molecule has 0 fully saturated rings. The number of hydrogen-bond acceptors (Lipinski definition) is 3. The van der Waals surface area contributed by atoms with Crippen LogP contribution in [0.3, 0.4) is 0 Å². The molecule has 1 aromatic heterocycles. The predicted octanol–water partition coefficient (Wildman–Crippen LogP) is 4.48. The number of rotatable bonds is 1. The van der Waals surface area contributed by atoms with Gasteiger partial charge < -0.3 is 0 Å². The number of nitriles is 1. The van der Waals surface area contributed by atoms with E-state index < -0.39 is 0 Å². The van der Waals surface area contributed by atoms with Crippen LogP contribution in [0.1, 0.15) is 5.69 Å². The van der Waals surface area contributed by atoms with Crippen LogP contribution in [0.15, 0.2) is 42.5 Å². The second kappa shape index (κ2) is 5.09. The largest absolute Gasteiger partial charge is 0.228 e. The van der Waals surface area contributed by atoms with Crippen molar-refractivity contribution in [1.29, 1.82) is 5.26 Å². The Balaban J connectivity index is 2.32. The summed E-state index contributed by atoms with van der Waals surface area (Å²) < 4.78 is 0. The quantitative estimate of drug-likeness (QED) is 0.666. The first-order valence-electron chi connectivity index (χ1n) is 5.81. The minimum atomic E-state index is 0.321. The van der Waals surface area contributed by atoms with Crippen LogP contribution in [0, 0.1) is 11.3 Å². The van der Waals surface area contributed by atoms with Crippen LogP contribution in [0.2, 0.25) is 10.0 Å². The third-order valence-corrected chi connectivity index (χ3v) is 3.44. The highest BCUT2D eigenvalue weighted by atomic mass is 35.5. The zero-order valence-corrected chi connectivity index (χ0v) is 11.7. The van der Waals surface area contributed by atoms with E-state index in [2.05, 4.69) is 16.0 Å². The Morgan fingerprint density at radius 3 is 2.60 bits per heavy atom. The van der Waals surface area contributed by atoms with Gasteiger partial charge in [0.2, 0.25) is 0 Å². The van der Waals surface area contributed by atoms with E-state index in [1.165, 1.54) is 0 Å². The van der Waals surface area contributed by atoms with E-state index in [1.54, 1.807) is 18.2 Å². The summed E-state index contributed by atoms with van der Waals surface area (Å²) in [5.74, 6) is 0.396. The van der Waals surface area contributed by atoms with E-state index >= 15 is 0 Å². The highest BCUT2D eigenvalue weighted by molar-refractivity contribution is 6.35. The summed E-state index contributed by atoms with van der Waals surface area (Å²) in [5, 5.41) is 11.0. The van der Waals surface area contributed by atoms with Gasteiger partial charge in [-0.25, -0.2) is 9.97 Å². The first-order valence-corrected chi connectivity index (χ1v) is 6.57. The Labute approximate surface area is 125 Å². The third-order valence-electron chi connectivity index (χ3n) is 2.88. The number of hydrogen-bond donors (Lipinski definition) is 0. The SMILES string of the molecule is N#Cc1nc(-c2cc(Cl)ccc2Cl)nc2ccccc12. The highest BCUT2D eigenvalue weighted by Crippen LogP contribution is 2.29. The second-order valence-corrected chi connectivity index (χ2v) is 4.99. The molecule has 0 radical (unpaired) electrons. The van der Waals surface area contributed by atoms with Gasteiger partial charge in [0.05, 0.1) is 10.5 Å². The fourth-order valence-electron chi connectivity index (χ4n) is 1.95. The lowest BCUT2D eigenvalue weighted by molar-refractivity contribution is 1.20. The maximum atomic E-state index is 9.23. The Kier molecular flexibility index (Phi) is 3.27. The smallest absolute Gasteiger partial charge is 0.162 e. The Bertz CT molecular complexity index is 853. The summed E-state index contributed by atoms with van der Waals surface area (Å²) in [4.78, 5) is 8.73. The lowest BCUT2D eigenvalue weighted by Crippen LogP contribution is -1.95. The molecule has 0 aliphatic carbocycles. The van der Waals surface area contributed by atoms with Crippen molar-refractivity contribution in [2.45, 2.75) is 0 Å². The van der Waals surface area contributed by atoms with Crippen LogP contribution < -0.4 is 0 Å². The lowest BCUT2D eigenvalue weighted by atomic mass is 10.1. The molecular weight excluding hydrogens is 293 g/mol. The van der Waals surface area contributed by atoms with E-state index in [9.17, 15) is 5.26 Å². The van der Waals surface area contributed by atoms with Gasteiger partial charge in [-0.3, -0.25) is 0 Å². The second-order valence-electron chi connectivity index (χ2n) is 4.15. The van der Waals surface area contributed by atoms with Gasteiger partial charge in [-0.1, -0.05) is 35.3 Å². The van der Waals surface area contributed by atoms with E-state index in [4.69, 9.17) is 23.2 Å². The van der Waals surface area contributed by atoms with E-state index in [1.807, 2.05) is 24.3 Å². The van der Waals surface area contributed by atoms with Gasteiger partial charge in [0, 0.05) is 16.0 Å². The summed E-state index contributed by atoms with van der Waals surface area (Å²) >= 11 is 12.1. The minimum Gasteiger partial charge on any atom is -0.228 e. The molecule has 5 heteroatoms. The Morgan fingerprint density at radius 1 is 1.00 bits per heavy atom. The predicted molar refractivity (Wildman–Crippen MR) is 79.7 cm³/mol. The highest BCUT2D eigenvalue weighted by Gasteiger charge is 2.12. The first kappa shape index (κ1) is 12.9. The van der Waals surface area contributed by atoms with Gasteiger partial charge in [-0.2, -0.15) is 5.26 Å². The van der Waals surface area contributed by atoms with Crippen molar-refractivity contribution in [3.05, 3.63) is 58.2 Å². The van der Waals surface area contributed by atoms with Gasteiger partial charge in [0.1, 0.15) is 6.07 Å². The number of fused-ring (bicyclic) bond motifs is 1. The van der Waals surface area contributed by atoms with Gasteiger partial charge in [-0.05, 0) is 30.3 Å².